The Morgan fingerprint density at radius 1 is 0.963 bits per heavy atom. The Bertz CT molecular complexity index is 755. The molecular formula is C20H34N4O2S. The van der Waals surface area contributed by atoms with E-state index in [4.69, 9.17) is 9.97 Å². The molecule has 6 nitrogen and oxygen atoms in total. The van der Waals surface area contributed by atoms with Crippen LogP contribution in [0.15, 0.2) is 6.07 Å². The van der Waals surface area contributed by atoms with Gasteiger partial charge in [-0.1, -0.05) is 41.5 Å². The van der Waals surface area contributed by atoms with Crippen molar-refractivity contribution in [1.29, 1.82) is 0 Å². The maximum absolute atomic E-state index is 12.9. The molecule has 2 aliphatic heterocycles. The lowest BCUT2D eigenvalue weighted by Crippen LogP contribution is -2.38. The van der Waals surface area contributed by atoms with Gasteiger partial charge in [0.25, 0.3) is 0 Å². The van der Waals surface area contributed by atoms with Crippen LogP contribution in [0.25, 0.3) is 0 Å². The van der Waals surface area contributed by atoms with E-state index in [1.165, 1.54) is 0 Å². The molecule has 27 heavy (non-hydrogen) atoms. The summed E-state index contributed by atoms with van der Waals surface area (Å²) in [6.07, 6.45) is 2.62. The van der Waals surface area contributed by atoms with Crippen molar-refractivity contribution in [2.24, 2.45) is 0 Å². The third kappa shape index (κ3) is 4.29. The lowest BCUT2D eigenvalue weighted by atomic mass is 9.90. The van der Waals surface area contributed by atoms with E-state index >= 15 is 0 Å². The first-order valence-corrected chi connectivity index (χ1v) is 11.5. The van der Waals surface area contributed by atoms with Crippen LogP contribution >= 0.6 is 0 Å². The van der Waals surface area contributed by atoms with E-state index in [0.717, 1.165) is 36.7 Å². The molecule has 7 heteroatoms. The Hall–Kier alpha value is -1.21. The minimum absolute atomic E-state index is 0.0849. The number of aromatic nitrogens is 2. The van der Waals surface area contributed by atoms with Crippen molar-refractivity contribution >= 4 is 15.8 Å². The Balaban J connectivity index is 1.88. The molecule has 0 spiro atoms. The van der Waals surface area contributed by atoms with Gasteiger partial charge in [-0.25, -0.2) is 22.7 Å². The van der Waals surface area contributed by atoms with Gasteiger partial charge in [0.2, 0.25) is 10.0 Å². The second-order valence-corrected chi connectivity index (χ2v) is 12.2. The predicted octanol–water partition coefficient (Wildman–Crippen LogP) is 3.08. The lowest BCUT2D eigenvalue weighted by Gasteiger charge is -2.27. The summed E-state index contributed by atoms with van der Waals surface area (Å²) in [5, 5.41) is -0.332. The molecule has 0 aliphatic carbocycles. The van der Waals surface area contributed by atoms with Crippen molar-refractivity contribution in [3.8, 4) is 0 Å². The molecule has 3 heterocycles. The van der Waals surface area contributed by atoms with Crippen molar-refractivity contribution in [2.45, 2.75) is 76.9 Å². The normalized spacial score (nSPS) is 22.6. The number of nitrogens with zero attached hydrogens (tertiary/aromatic N) is 4. The summed E-state index contributed by atoms with van der Waals surface area (Å²) in [6, 6.07) is 2.04. The summed E-state index contributed by atoms with van der Waals surface area (Å²) in [6.45, 7) is 15.4. The van der Waals surface area contributed by atoms with E-state index in [9.17, 15) is 8.42 Å². The van der Waals surface area contributed by atoms with E-state index in [1.807, 2.05) is 6.07 Å². The molecule has 0 radical (unpaired) electrons. The average Bonchev–Trinajstić information content (AvgIpc) is 3.25. The van der Waals surface area contributed by atoms with Crippen LogP contribution in [-0.4, -0.2) is 54.1 Å². The summed E-state index contributed by atoms with van der Waals surface area (Å²) >= 11 is 0. The average molecular weight is 395 g/mol. The van der Waals surface area contributed by atoms with E-state index in [1.54, 1.807) is 4.31 Å². The lowest BCUT2D eigenvalue weighted by molar-refractivity contribution is 0.467. The largest absolute Gasteiger partial charge is 0.355 e. The summed E-state index contributed by atoms with van der Waals surface area (Å²) in [5.74, 6) is 1.68. The van der Waals surface area contributed by atoms with Crippen LogP contribution in [0.1, 0.15) is 72.3 Å². The number of hydrogen-bond acceptors (Lipinski definition) is 5. The van der Waals surface area contributed by atoms with Crippen LogP contribution in [0.5, 0.6) is 0 Å². The van der Waals surface area contributed by atoms with Crippen LogP contribution in [0.3, 0.4) is 0 Å². The van der Waals surface area contributed by atoms with Crippen molar-refractivity contribution in [3.05, 3.63) is 17.6 Å². The fourth-order valence-electron chi connectivity index (χ4n) is 3.65. The summed E-state index contributed by atoms with van der Waals surface area (Å²) < 4.78 is 27.5. The molecule has 1 unspecified atom stereocenters. The van der Waals surface area contributed by atoms with Gasteiger partial charge in [-0.05, 0) is 19.3 Å². The molecule has 0 N–H and O–H groups in total. The second-order valence-electron chi connectivity index (χ2n) is 9.94. The number of sulfonamides is 1. The highest BCUT2D eigenvalue weighted by atomic mass is 32.2. The van der Waals surface area contributed by atoms with Gasteiger partial charge in [0.05, 0.1) is 10.9 Å². The minimum atomic E-state index is -3.21. The molecule has 1 atom stereocenters. The van der Waals surface area contributed by atoms with Crippen LogP contribution < -0.4 is 4.90 Å². The quantitative estimate of drug-likeness (QED) is 0.788. The van der Waals surface area contributed by atoms with Gasteiger partial charge in [-0.3, -0.25) is 0 Å². The molecule has 2 aliphatic rings. The zero-order valence-electron chi connectivity index (χ0n) is 17.6. The van der Waals surface area contributed by atoms with E-state index < -0.39 is 10.0 Å². The maximum Gasteiger partial charge on any atom is 0.218 e. The van der Waals surface area contributed by atoms with Crippen LogP contribution in [0.2, 0.25) is 0 Å². The van der Waals surface area contributed by atoms with Crippen LogP contribution in [-0.2, 0) is 20.9 Å². The summed E-state index contributed by atoms with van der Waals surface area (Å²) in [4.78, 5) is 11.8. The number of hydrogen-bond donors (Lipinski definition) is 0. The fraction of sp³-hybridized carbons (Fsp3) is 0.800. The highest BCUT2D eigenvalue weighted by Crippen LogP contribution is 2.31. The molecule has 0 aromatic carbocycles. The Labute approximate surface area is 164 Å². The van der Waals surface area contributed by atoms with Crippen molar-refractivity contribution in [1.82, 2.24) is 14.3 Å². The molecule has 0 amide bonds. The monoisotopic (exact) mass is 394 g/mol. The Morgan fingerprint density at radius 3 is 2.15 bits per heavy atom. The van der Waals surface area contributed by atoms with Gasteiger partial charge in [0, 0.05) is 43.1 Å². The van der Waals surface area contributed by atoms with Crippen LogP contribution in [0, 0.1) is 0 Å². The molecule has 0 saturated carbocycles. The first-order valence-electron chi connectivity index (χ1n) is 10.0. The smallest absolute Gasteiger partial charge is 0.218 e. The Kier molecular flexibility index (Phi) is 5.32. The zero-order valence-corrected chi connectivity index (χ0v) is 18.4. The van der Waals surface area contributed by atoms with Gasteiger partial charge >= 0.3 is 0 Å². The molecule has 1 aromatic rings. The minimum Gasteiger partial charge on any atom is -0.355 e. The molecule has 3 rings (SSSR count). The highest BCUT2D eigenvalue weighted by Gasteiger charge is 2.39. The van der Waals surface area contributed by atoms with E-state index in [0.29, 0.717) is 26.1 Å². The SMILES string of the molecule is CC(C)(C)c1cc(N2CCC(S(=O)(=O)N3CCCC3)C2)nc(C(C)(C)C)n1. The van der Waals surface area contributed by atoms with Gasteiger partial charge < -0.3 is 4.90 Å². The van der Waals surface area contributed by atoms with Gasteiger partial charge in [0.15, 0.2) is 0 Å². The Morgan fingerprint density at radius 2 is 1.59 bits per heavy atom. The fourth-order valence-corrected chi connectivity index (χ4v) is 5.61. The second kappa shape index (κ2) is 6.99. The molecular weight excluding hydrogens is 360 g/mol. The van der Waals surface area contributed by atoms with Gasteiger partial charge in [-0.2, -0.15) is 0 Å². The van der Waals surface area contributed by atoms with Crippen molar-refractivity contribution < 1.29 is 8.42 Å². The third-order valence-corrected chi connectivity index (χ3v) is 7.78. The molecule has 2 saturated heterocycles. The van der Waals surface area contributed by atoms with Crippen molar-refractivity contribution in [2.75, 3.05) is 31.1 Å². The zero-order chi connectivity index (χ0) is 20.0. The molecule has 152 valence electrons. The van der Waals surface area contributed by atoms with Crippen molar-refractivity contribution in [3.63, 3.8) is 0 Å². The molecule has 1 aromatic heterocycles. The predicted molar refractivity (Wildman–Crippen MR) is 110 cm³/mol. The maximum atomic E-state index is 12.9. The standard InChI is InChI=1S/C20H34N4O2S/c1-19(2,3)16-13-17(22-18(21-16)20(4,5)6)23-12-9-15(14-23)27(25,26)24-10-7-8-11-24/h13,15H,7-12,14H2,1-6H3. The van der Waals surface area contributed by atoms with Crippen LogP contribution in [0.4, 0.5) is 5.82 Å². The third-order valence-electron chi connectivity index (χ3n) is 5.47. The molecule has 0 bridgehead atoms. The first-order chi connectivity index (χ1) is 12.4. The van der Waals surface area contributed by atoms with E-state index in [-0.39, 0.29) is 16.1 Å². The topological polar surface area (TPSA) is 66.4 Å². The highest BCUT2D eigenvalue weighted by molar-refractivity contribution is 7.89. The number of rotatable bonds is 3. The summed E-state index contributed by atoms with van der Waals surface area (Å²) in [5.41, 5.74) is 0.762. The molecule has 2 fully saturated rings. The summed E-state index contributed by atoms with van der Waals surface area (Å²) in [7, 11) is -3.21. The van der Waals surface area contributed by atoms with Gasteiger partial charge in [0.1, 0.15) is 11.6 Å². The van der Waals surface area contributed by atoms with Gasteiger partial charge in [-0.15, -0.1) is 0 Å². The number of anilines is 1. The van der Waals surface area contributed by atoms with E-state index in [2.05, 4.69) is 46.4 Å². The first kappa shape index (κ1) is 20.5.